The molecule has 2 aromatic heterocycles. The predicted octanol–water partition coefficient (Wildman–Crippen LogP) is 3.55. The molecular weight excluding hydrogens is 431 g/mol. The molecule has 1 spiro atoms. The Morgan fingerprint density at radius 3 is 2.90 bits per heavy atom. The van der Waals surface area contributed by atoms with Crippen molar-refractivity contribution in [3.8, 4) is 0 Å². The van der Waals surface area contributed by atoms with Crippen molar-refractivity contribution >= 4 is 11.3 Å². The third-order valence-electron chi connectivity index (χ3n) is 6.32. The van der Waals surface area contributed by atoms with Crippen molar-refractivity contribution in [1.82, 2.24) is 14.7 Å². The quantitative estimate of drug-likeness (QED) is 0.716. The lowest BCUT2D eigenvalue weighted by molar-refractivity contribution is -0.135. The second-order valence-electron chi connectivity index (χ2n) is 8.34. The van der Waals surface area contributed by atoms with E-state index in [9.17, 15) is 18.3 Å². The zero-order chi connectivity index (χ0) is 22.2. The molecule has 31 heavy (non-hydrogen) atoms. The molecule has 2 aliphatic heterocycles. The van der Waals surface area contributed by atoms with E-state index in [1.807, 2.05) is 17.1 Å². The standard InChI is InChI=1S/C21H28F3N3O3S/c1-14-9-20(4-5-26(14)11-15-10-25-27(12-15)6-8-29-2)18-16(3-7-30-20)17(13-28)19(31-18)21(22,23)24/h10,12,14,28H,3-9,11,13H2,1-2H3/t14-,20+/m0/s1. The Morgan fingerprint density at radius 2 is 2.23 bits per heavy atom. The Labute approximate surface area is 183 Å². The fraction of sp³-hybridized carbons (Fsp3) is 0.667. The van der Waals surface area contributed by atoms with Gasteiger partial charge in [-0.3, -0.25) is 9.58 Å². The van der Waals surface area contributed by atoms with Crippen molar-refractivity contribution in [1.29, 1.82) is 0 Å². The maximum atomic E-state index is 13.6. The molecule has 0 unspecified atom stereocenters. The SMILES string of the molecule is COCCn1cc(CN2CC[C@]3(C[C@@H]2C)OCCc2c3sc(C(F)(F)F)c2CO)cn1. The maximum absolute atomic E-state index is 13.6. The molecule has 0 aromatic carbocycles. The number of piperidine rings is 1. The Bertz CT molecular complexity index is 914. The lowest BCUT2D eigenvalue weighted by Crippen LogP contribution is -2.50. The summed E-state index contributed by atoms with van der Waals surface area (Å²) in [5.74, 6) is 0. The first-order valence-electron chi connectivity index (χ1n) is 10.5. The molecule has 1 saturated heterocycles. The second kappa shape index (κ2) is 8.82. The van der Waals surface area contributed by atoms with Gasteiger partial charge in [0, 0.05) is 48.4 Å². The van der Waals surface area contributed by atoms with Gasteiger partial charge < -0.3 is 14.6 Å². The number of fused-ring (bicyclic) bond motifs is 2. The Balaban J connectivity index is 1.52. The molecule has 1 N–H and O–H groups in total. The van der Waals surface area contributed by atoms with Crippen LogP contribution in [-0.4, -0.2) is 52.7 Å². The van der Waals surface area contributed by atoms with Crippen molar-refractivity contribution in [2.24, 2.45) is 0 Å². The molecule has 172 valence electrons. The summed E-state index contributed by atoms with van der Waals surface area (Å²) in [6, 6.07) is 0.135. The van der Waals surface area contributed by atoms with Crippen LogP contribution in [0.3, 0.4) is 0 Å². The first-order chi connectivity index (χ1) is 14.8. The van der Waals surface area contributed by atoms with Crippen LogP contribution in [0.15, 0.2) is 12.4 Å². The summed E-state index contributed by atoms with van der Waals surface area (Å²) in [6.45, 7) is 4.63. The highest BCUT2D eigenvalue weighted by Crippen LogP contribution is 2.51. The van der Waals surface area contributed by atoms with Crippen LogP contribution in [0, 0.1) is 0 Å². The van der Waals surface area contributed by atoms with Crippen molar-refractivity contribution < 1.29 is 27.8 Å². The Hall–Kier alpha value is -1.46. The lowest BCUT2D eigenvalue weighted by Gasteiger charge is -2.47. The van der Waals surface area contributed by atoms with Crippen LogP contribution in [0.2, 0.25) is 0 Å². The van der Waals surface area contributed by atoms with E-state index in [0.717, 1.165) is 30.0 Å². The minimum Gasteiger partial charge on any atom is -0.392 e. The largest absolute Gasteiger partial charge is 0.425 e. The van der Waals surface area contributed by atoms with E-state index in [2.05, 4.69) is 16.9 Å². The van der Waals surface area contributed by atoms with Gasteiger partial charge >= 0.3 is 6.18 Å². The van der Waals surface area contributed by atoms with Crippen molar-refractivity contribution in [2.75, 3.05) is 26.9 Å². The maximum Gasteiger partial charge on any atom is 0.425 e. The van der Waals surface area contributed by atoms with Gasteiger partial charge in [-0.2, -0.15) is 18.3 Å². The average Bonchev–Trinajstić information content (AvgIpc) is 3.33. The van der Waals surface area contributed by atoms with E-state index < -0.39 is 23.3 Å². The molecule has 10 heteroatoms. The summed E-state index contributed by atoms with van der Waals surface area (Å²) in [5, 5.41) is 14.0. The molecule has 4 heterocycles. The van der Waals surface area contributed by atoms with Crippen LogP contribution in [0.4, 0.5) is 13.2 Å². The van der Waals surface area contributed by atoms with Gasteiger partial charge in [-0.15, -0.1) is 11.3 Å². The summed E-state index contributed by atoms with van der Waals surface area (Å²) in [4.78, 5) is 2.31. The third kappa shape index (κ3) is 4.41. The van der Waals surface area contributed by atoms with Crippen LogP contribution in [0.5, 0.6) is 0 Å². The zero-order valence-electron chi connectivity index (χ0n) is 17.7. The minimum atomic E-state index is -4.46. The number of ether oxygens (including phenoxy) is 2. The molecule has 1 fully saturated rings. The monoisotopic (exact) mass is 459 g/mol. The summed E-state index contributed by atoms with van der Waals surface area (Å²) >= 11 is 0.763. The molecule has 2 aliphatic rings. The van der Waals surface area contributed by atoms with Crippen molar-refractivity contribution in [2.45, 2.75) is 63.7 Å². The molecule has 2 atom stereocenters. The Morgan fingerprint density at radius 1 is 1.42 bits per heavy atom. The normalized spacial score (nSPS) is 24.6. The van der Waals surface area contributed by atoms with Crippen LogP contribution in [-0.2, 0) is 47.4 Å². The molecule has 0 radical (unpaired) electrons. The van der Waals surface area contributed by atoms with Gasteiger partial charge in [0.15, 0.2) is 0 Å². The molecule has 2 aromatic rings. The first-order valence-corrected chi connectivity index (χ1v) is 11.3. The average molecular weight is 460 g/mol. The van der Waals surface area contributed by atoms with E-state index >= 15 is 0 Å². The number of aromatic nitrogens is 2. The van der Waals surface area contributed by atoms with Crippen LogP contribution in [0.1, 0.15) is 46.2 Å². The highest BCUT2D eigenvalue weighted by atomic mass is 32.1. The molecule has 0 bridgehead atoms. The summed E-state index contributed by atoms with van der Waals surface area (Å²) in [6.07, 6.45) is 1.07. The number of methoxy groups -OCH3 is 1. The second-order valence-corrected chi connectivity index (χ2v) is 9.36. The summed E-state index contributed by atoms with van der Waals surface area (Å²) in [5.41, 5.74) is 1.08. The molecule has 0 saturated carbocycles. The topological polar surface area (TPSA) is 59.8 Å². The minimum absolute atomic E-state index is 0.0359. The van der Waals surface area contributed by atoms with Crippen molar-refractivity contribution in [3.63, 3.8) is 0 Å². The highest BCUT2D eigenvalue weighted by molar-refractivity contribution is 7.12. The number of nitrogens with zero attached hydrogens (tertiary/aromatic N) is 3. The van der Waals surface area contributed by atoms with Crippen molar-refractivity contribution in [3.05, 3.63) is 38.8 Å². The number of rotatable bonds is 6. The number of alkyl halides is 3. The number of aliphatic hydroxyl groups is 1. The van der Waals surface area contributed by atoms with Gasteiger partial charge in [0.1, 0.15) is 10.5 Å². The summed E-state index contributed by atoms with van der Waals surface area (Å²) in [7, 11) is 1.66. The molecular formula is C21H28F3N3O3S. The zero-order valence-corrected chi connectivity index (χ0v) is 18.6. The molecule has 0 amide bonds. The van der Waals surface area contributed by atoms with Gasteiger partial charge in [-0.1, -0.05) is 0 Å². The van der Waals surface area contributed by atoms with E-state index in [-0.39, 0.29) is 11.6 Å². The number of hydrogen-bond donors (Lipinski definition) is 1. The van der Waals surface area contributed by atoms with Gasteiger partial charge in [-0.05, 0) is 31.7 Å². The predicted molar refractivity (Wildman–Crippen MR) is 110 cm³/mol. The van der Waals surface area contributed by atoms with Crippen LogP contribution < -0.4 is 0 Å². The number of aliphatic hydroxyl groups excluding tert-OH is 1. The number of halogens is 3. The molecule has 6 nitrogen and oxygen atoms in total. The van der Waals surface area contributed by atoms with Gasteiger partial charge in [0.25, 0.3) is 0 Å². The van der Waals surface area contributed by atoms with Crippen LogP contribution >= 0.6 is 11.3 Å². The number of hydrogen-bond acceptors (Lipinski definition) is 6. The molecule has 4 rings (SSSR count). The van der Waals surface area contributed by atoms with Gasteiger partial charge in [0.05, 0.1) is 32.6 Å². The Kier molecular flexibility index (Phi) is 6.47. The fourth-order valence-electron chi connectivity index (χ4n) is 4.80. The number of thiophene rings is 1. The fourth-order valence-corrected chi connectivity index (χ4v) is 6.21. The smallest absolute Gasteiger partial charge is 0.392 e. The number of likely N-dealkylation sites (tertiary alicyclic amines) is 1. The molecule has 0 aliphatic carbocycles. The lowest BCUT2D eigenvalue weighted by atomic mass is 9.81. The van der Waals surface area contributed by atoms with E-state index in [1.54, 1.807) is 7.11 Å². The van der Waals surface area contributed by atoms with Gasteiger partial charge in [-0.25, -0.2) is 0 Å². The third-order valence-corrected chi connectivity index (χ3v) is 7.83. The van der Waals surface area contributed by atoms with E-state index in [0.29, 0.717) is 49.5 Å². The van der Waals surface area contributed by atoms with E-state index in [1.165, 1.54) is 0 Å². The highest BCUT2D eigenvalue weighted by Gasteiger charge is 2.48. The summed E-state index contributed by atoms with van der Waals surface area (Å²) < 4.78 is 53.8. The van der Waals surface area contributed by atoms with Gasteiger partial charge in [0.2, 0.25) is 0 Å². The van der Waals surface area contributed by atoms with E-state index in [4.69, 9.17) is 9.47 Å². The first kappa shape index (κ1) is 22.7. The van der Waals surface area contributed by atoms with Crippen LogP contribution in [0.25, 0.3) is 0 Å².